The second-order valence-electron chi connectivity index (χ2n) is 7.96. The molecule has 3 aromatic carbocycles. The van der Waals surface area contributed by atoms with Crippen LogP contribution in [0.15, 0.2) is 77.9 Å². The quantitative estimate of drug-likeness (QED) is 0.204. The van der Waals surface area contributed by atoms with Gasteiger partial charge in [-0.15, -0.1) is 11.8 Å². The van der Waals surface area contributed by atoms with Crippen molar-refractivity contribution in [1.29, 1.82) is 0 Å². The zero-order valence-electron chi connectivity index (χ0n) is 20.2. The van der Waals surface area contributed by atoms with Crippen molar-refractivity contribution in [3.8, 4) is 11.5 Å². The topological polar surface area (TPSA) is 107 Å². The molecule has 1 saturated heterocycles. The third-order valence-corrected chi connectivity index (χ3v) is 6.81. The molecule has 0 radical (unpaired) electrons. The van der Waals surface area contributed by atoms with Crippen molar-refractivity contribution in [3.63, 3.8) is 0 Å². The molecule has 1 N–H and O–H groups in total. The first-order chi connectivity index (χ1) is 18.0. The average Bonchev–Trinajstić information content (AvgIpc) is 3.29. The lowest BCUT2D eigenvalue weighted by atomic mass is 10.1. The molecule has 190 valence electrons. The SMILES string of the molecule is COC(=O)Oc1ccc(/C=N/NC(=O)c2ccc(C3SCC(=O)N3Cc3ccccc3)cc2)cc1OC. The van der Waals surface area contributed by atoms with E-state index in [-0.39, 0.29) is 22.9 Å². The normalized spacial score (nSPS) is 15.0. The summed E-state index contributed by atoms with van der Waals surface area (Å²) in [6.07, 6.45) is 0.582. The van der Waals surface area contributed by atoms with Crippen molar-refractivity contribution in [2.24, 2.45) is 5.10 Å². The second kappa shape index (κ2) is 12.1. The van der Waals surface area contributed by atoms with Gasteiger partial charge in [-0.25, -0.2) is 10.2 Å². The summed E-state index contributed by atoms with van der Waals surface area (Å²) in [6, 6.07) is 21.8. The fraction of sp³-hybridized carbons (Fsp3) is 0.185. The van der Waals surface area contributed by atoms with Crippen LogP contribution in [0.25, 0.3) is 0 Å². The van der Waals surface area contributed by atoms with Gasteiger partial charge in [-0.3, -0.25) is 9.59 Å². The molecule has 9 nitrogen and oxygen atoms in total. The van der Waals surface area contributed by atoms with E-state index in [0.29, 0.717) is 29.2 Å². The fourth-order valence-corrected chi connectivity index (χ4v) is 4.88. The molecule has 3 aromatic rings. The minimum Gasteiger partial charge on any atom is -0.493 e. The van der Waals surface area contributed by atoms with Crippen LogP contribution in [0.5, 0.6) is 11.5 Å². The van der Waals surface area contributed by atoms with E-state index in [2.05, 4.69) is 15.3 Å². The molecular weight excluding hydrogens is 494 g/mol. The first-order valence-electron chi connectivity index (χ1n) is 11.3. The molecule has 4 rings (SSSR count). The Morgan fingerprint density at radius 3 is 2.51 bits per heavy atom. The summed E-state index contributed by atoms with van der Waals surface area (Å²) >= 11 is 1.57. The maximum Gasteiger partial charge on any atom is 0.513 e. The van der Waals surface area contributed by atoms with Gasteiger partial charge in [0.1, 0.15) is 5.37 Å². The van der Waals surface area contributed by atoms with Crippen molar-refractivity contribution in [2.75, 3.05) is 20.0 Å². The van der Waals surface area contributed by atoms with Crippen LogP contribution in [-0.4, -0.2) is 49.1 Å². The third-order valence-electron chi connectivity index (χ3n) is 5.55. The van der Waals surface area contributed by atoms with Gasteiger partial charge in [-0.2, -0.15) is 5.10 Å². The van der Waals surface area contributed by atoms with Crippen molar-refractivity contribution < 1.29 is 28.6 Å². The number of benzene rings is 3. The Balaban J connectivity index is 1.37. The number of hydrogen-bond acceptors (Lipinski definition) is 8. The third kappa shape index (κ3) is 6.47. The maximum absolute atomic E-state index is 12.6. The van der Waals surface area contributed by atoms with Crippen LogP contribution in [0.4, 0.5) is 4.79 Å². The van der Waals surface area contributed by atoms with Gasteiger partial charge in [0, 0.05) is 12.1 Å². The van der Waals surface area contributed by atoms with Gasteiger partial charge in [-0.05, 0) is 47.0 Å². The zero-order chi connectivity index (χ0) is 26.2. The van der Waals surface area contributed by atoms with E-state index in [4.69, 9.17) is 9.47 Å². The highest BCUT2D eigenvalue weighted by molar-refractivity contribution is 8.00. The highest BCUT2D eigenvalue weighted by Gasteiger charge is 2.32. The highest BCUT2D eigenvalue weighted by Crippen LogP contribution is 2.39. The van der Waals surface area contributed by atoms with Crippen molar-refractivity contribution in [3.05, 3.63) is 95.1 Å². The lowest BCUT2D eigenvalue weighted by Crippen LogP contribution is -2.27. The number of hydrazone groups is 1. The molecule has 0 aliphatic carbocycles. The Kier molecular flexibility index (Phi) is 8.42. The largest absolute Gasteiger partial charge is 0.513 e. The number of ether oxygens (including phenoxy) is 3. The molecule has 1 fully saturated rings. The number of amides is 2. The molecule has 37 heavy (non-hydrogen) atoms. The summed E-state index contributed by atoms with van der Waals surface area (Å²) in [5.74, 6) is 0.642. The predicted molar refractivity (Wildman–Crippen MR) is 140 cm³/mol. The maximum atomic E-state index is 12.6. The number of nitrogens with zero attached hydrogens (tertiary/aromatic N) is 2. The lowest BCUT2D eigenvalue weighted by Gasteiger charge is -2.24. The van der Waals surface area contributed by atoms with E-state index in [1.54, 1.807) is 36.0 Å². The molecule has 1 unspecified atom stereocenters. The molecule has 0 aromatic heterocycles. The Morgan fingerprint density at radius 2 is 1.81 bits per heavy atom. The summed E-state index contributed by atoms with van der Waals surface area (Å²) in [7, 11) is 2.65. The fourth-order valence-electron chi connectivity index (χ4n) is 3.69. The lowest BCUT2D eigenvalue weighted by molar-refractivity contribution is -0.128. The molecule has 1 atom stereocenters. The number of nitrogens with one attached hydrogen (secondary N) is 1. The van der Waals surface area contributed by atoms with Crippen molar-refractivity contribution in [2.45, 2.75) is 11.9 Å². The van der Waals surface area contributed by atoms with Crippen molar-refractivity contribution in [1.82, 2.24) is 10.3 Å². The van der Waals surface area contributed by atoms with E-state index < -0.39 is 6.16 Å². The number of thioether (sulfide) groups is 1. The summed E-state index contributed by atoms with van der Waals surface area (Å²) in [5.41, 5.74) is 5.57. The first-order valence-corrected chi connectivity index (χ1v) is 12.4. The van der Waals surface area contributed by atoms with Crippen LogP contribution in [0.2, 0.25) is 0 Å². The molecule has 0 saturated carbocycles. The first kappa shape index (κ1) is 25.8. The Morgan fingerprint density at radius 1 is 1.05 bits per heavy atom. The molecule has 1 heterocycles. The van der Waals surface area contributed by atoms with Gasteiger partial charge in [0.05, 0.1) is 26.2 Å². The average molecular weight is 520 g/mol. The van der Waals surface area contributed by atoms with E-state index in [9.17, 15) is 14.4 Å². The highest BCUT2D eigenvalue weighted by atomic mass is 32.2. The van der Waals surface area contributed by atoms with Crippen LogP contribution in [0.3, 0.4) is 0 Å². The standard InChI is InChI=1S/C27H25N3O6S/c1-34-23-14-19(8-13-22(23)36-27(33)35-2)15-28-29-25(32)20-9-11-21(12-10-20)26-30(24(31)17-37-26)16-18-6-4-3-5-7-18/h3-15,26H,16-17H2,1-2H3,(H,29,32)/b28-15+. The predicted octanol–water partition coefficient (Wildman–Crippen LogP) is 4.38. The molecular formula is C27H25N3O6S. The van der Waals surface area contributed by atoms with E-state index in [1.807, 2.05) is 47.4 Å². The summed E-state index contributed by atoms with van der Waals surface area (Å²) in [5, 5.41) is 3.89. The van der Waals surface area contributed by atoms with Gasteiger partial charge in [-0.1, -0.05) is 42.5 Å². The molecule has 1 aliphatic rings. The molecule has 2 amide bonds. The van der Waals surface area contributed by atoms with Gasteiger partial charge in [0.15, 0.2) is 11.5 Å². The minimum absolute atomic E-state index is 0.0940. The summed E-state index contributed by atoms with van der Waals surface area (Å²) in [4.78, 5) is 38.2. The molecule has 0 spiro atoms. The van der Waals surface area contributed by atoms with E-state index >= 15 is 0 Å². The number of carbonyl (C=O) groups is 3. The second-order valence-corrected chi connectivity index (χ2v) is 9.03. The number of methoxy groups -OCH3 is 2. The smallest absolute Gasteiger partial charge is 0.493 e. The summed E-state index contributed by atoms with van der Waals surface area (Å²) in [6.45, 7) is 0.537. The van der Waals surface area contributed by atoms with Crippen LogP contribution in [-0.2, 0) is 16.1 Å². The van der Waals surface area contributed by atoms with Gasteiger partial charge >= 0.3 is 6.16 Å². The van der Waals surface area contributed by atoms with Crippen LogP contribution in [0, 0.1) is 0 Å². The van der Waals surface area contributed by atoms with Crippen molar-refractivity contribution >= 4 is 35.9 Å². The Bertz CT molecular complexity index is 1300. The zero-order valence-corrected chi connectivity index (χ0v) is 21.1. The number of hydrogen-bond donors (Lipinski definition) is 1. The van der Waals surface area contributed by atoms with Crippen LogP contribution < -0.4 is 14.9 Å². The Labute approximate surface area is 218 Å². The van der Waals surface area contributed by atoms with Gasteiger partial charge in [0.25, 0.3) is 5.91 Å². The van der Waals surface area contributed by atoms with Gasteiger partial charge < -0.3 is 19.1 Å². The van der Waals surface area contributed by atoms with Gasteiger partial charge in [0.2, 0.25) is 5.91 Å². The molecule has 0 bridgehead atoms. The monoisotopic (exact) mass is 519 g/mol. The van der Waals surface area contributed by atoms with Crippen LogP contribution >= 0.6 is 11.8 Å². The Hall–Kier alpha value is -4.31. The molecule has 1 aliphatic heterocycles. The van der Waals surface area contributed by atoms with Crippen LogP contribution in [0.1, 0.15) is 32.4 Å². The molecule has 10 heteroatoms. The summed E-state index contributed by atoms with van der Waals surface area (Å²) < 4.78 is 14.7. The van der Waals surface area contributed by atoms with E-state index in [0.717, 1.165) is 11.1 Å². The van der Waals surface area contributed by atoms with E-state index in [1.165, 1.54) is 26.5 Å². The number of carbonyl (C=O) groups excluding carboxylic acids is 3. The minimum atomic E-state index is -0.861. The number of rotatable bonds is 8.